The average Bonchev–Trinajstić information content (AvgIpc) is 2.87. The van der Waals surface area contributed by atoms with E-state index in [1.165, 1.54) is 4.90 Å². The van der Waals surface area contributed by atoms with E-state index in [9.17, 15) is 14.4 Å². The van der Waals surface area contributed by atoms with E-state index in [1.807, 2.05) is 48.5 Å². The van der Waals surface area contributed by atoms with Crippen molar-refractivity contribution in [2.45, 2.75) is 80.6 Å². The van der Waals surface area contributed by atoms with Gasteiger partial charge < -0.3 is 4.79 Å². The fraction of sp³-hybridized carbons (Fsp3) is 0.850. The lowest BCUT2D eigenvalue weighted by Gasteiger charge is -2.29. The molecule has 0 aromatic rings. The van der Waals surface area contributed by atoms with Crippen LogP contribution in [-0.4, -0.2) is 29.5 Å². The molecule has 4 nitrogen and oxygen atoms in total. The van der Waals surface area contributed by atoms with E-state index in [1.54, 1.807) is 0 Å². The van der Waals surface area contributed by atoms with E-state index in [4.69, 9.17) is 0 Å². The molecule has 1 saturated heterocycles. The van der Waals surface area contributed by atoms with Gasteiger partial charge in [0.2, 0.25) is 11.8 Å². The Bertz CT molecular complexity index is 404. The molecule has 0 N–H and O–H groups in total. The molecular weight excluding hydrogens is 302 g/mol. The predicted octanol–water partition coefficient (Wildman–Crippen LogP) is 4.47. The van der Waals surface area contributed by atoms with Crippen molar-refractivity contribution in [2.75, 3.05) is 6.54 Å². The monoisotopic (exact) mass is 339 g/mol. The van der Waals surface area contributed by atoms with Crippen molar-refractivity contribution in [1.82, 2.24) is 4.90 Å². The molecule has 0 aromatic heterocycles. The fourth-order valence-corrected chi connectivity index (χ4v) is 3.32. The fourth-order valence-electron chi connectivity index (χ4n) is 3.32. The number of hydrogen-bond donors (Lipinski definition) is 0. The molecule has 2 amide bonds. The Hall–Kier alpha value is -1.19. The highest BCUT2D eigenvalue weighted by Gasteiger charge is 2.45. The van der Waals surface area contributed by atoms with Gasteiger partial charge in [-0.05, 0) is 37.0 Å². The van der Waals surface area contributed by atoms with Crippen molar-refractivity contribution >= 4 is 18.1 Å². The second-order valence-corrected chi connectivity index (χ2v) is 7.38. The summed E-state index contributed by atoms with van der Waals surface area (Å²) in [4.78, 5) is 36.7. The molecule has 2 rings (SSSR count). The summed E-state index contributed by atoms with van der Waals surface area (Å²) in [5.74, 6) is 0.352. The lowest BCUT2D eigenvalue weighted by molar-refractivity contribution is -0.141. The summed E-state index contributed by atoms with van der Waals surface area (Å²) in [6.45, 7) is 14.6. The van der Waals surface area contributed by atoms with Crippen LogP contribution in [0.5, 0.6) is 0 Å². The van der Waals surface area contributed by atoms with Gasteiger partial charge in [0.15, 0.2) is 0 Å². The number of carbonyl (C=O) groups excluding carboxylic acids is 3. The summed E-state index contributed by atoms with van der Waals surface area (Å²) in [6, 6.07) is 0. The van der Waals surface area contributed by atoms with Crippen LogP contribution in [-0.2, 0) is 14.4 Å². The number of nitrogens with zero attached hydrogens (tertiary/aromatic N) is 1. The molecule has 1 heterocycles. The molecule has 24 heavy (non-hydrogen) atoms. The lowest BCUT2D eigenvalue weighted by atomic mass is 9.79. The smallest absolute Gasteiger partial charge is 0.233 e. The Morgan fingerprint density at radius 1 is 1.00 bits per heavy atom. The summed E-state index contributed by atoms with van der Waals surface area (Å²) in [5, 5.41) is 0. The van der Waals surface area contributed by atoms with Crippen molar-refractivity contribution in [2.24, 2.45) is 23.2 Å². The van der Waals surface area contributed by atoms with Gasteiger partial charge in [0.05, 0.1) is 5.92 Å². The number of carbonyl (C=O) groups is 3. The minimum absolute atomic E-state index is 0.0000100. The first-order chi connectivity index (χ1) is 11.3. The second-order valence-electron chi connectivity index (χ2n) is 7.38. The van der Waals surface area contributed by atoms with Gasteiger partial charge in [-0.3, -0.25) is 14.5 Å². The number of likely N-dealkylation sites (tertiary alicyclic amines) is 1. The highest BCUT2D eigenvalue weighted by atomic mass is 16.2. The number of imide groups is 1. The van der Waals surface area contributed by atoms with Crippen LogP contribution in [0.1, 0.15) is 80.6 Å². The van der Waals surface area contributed by atoms with Gasteiger partial charge in [-0.2, -0.15) is 0 Å². The first-order valence-electron chi connectivity index (χ1n) is 9.62. The summed E-state index contributed by atoms with van der Waals surface area (Å²) in [5.41, 5.74) is -0.156. The SMILES string of the molecule is CC.CC.CC(C)(C)C1CC(=O)N(CC2CCC(C=O)CC2)C1=O. The highest BCUT2D eigenvalue weighted by Crippen LogP contribution is 2.37. The topological polar surface area (TPSA) is 54.5 Å². The zero-order valence-corrected chi connectivity index (χ0v) is 16.7. The molecule has 140 valence electrons. The highest BCUT2D eigenvalue weighted by molar-refractivity contribution is 6.03. The third-order valence-electron chi connectivity index (χ3n) is 4.81. The summed E-state index contributed by atoms with van der Waals surface area (Å²) in [6.07, 6.45) is 5.07. The van der Waals surface area contributed by atoms with Gasteiger partial charge in [-0.1, -0.05) is 48.5 Å². The summed E-state index contributed by atoms with van der Waals surface area (Å²) in [7, 11) is 0. The van der Waals surface area contributed by atoms with Crippen LogP contribution in [0, 0.1) is 23.2 Å². The van der Waals surface area contributed by atoms with Crippen LogP contribution in [0.4, 0.5) is 0 Å². The third-order valence-corrected chi connectivity index (χ3v) is 4.81. The van der Waals surface area contributed by atoms with E-state index >= 15 is 0 Å². The second kappa shape index (κ2) is 10.6. The van der Waals surface area contributed by atoms with Crippen LogP contribution >= 0.6 is 0 Å². The van der Waals surface area contributed by atoms with E-state index in [0.717, 1.165) is 32.0 Å². The van der Waals surface area contributed by atoms with E-state index in [2.05, 4.69) is 0 Å². The van der Waals surface area contributed by atoms with Gasteiger partial charge in [0.25, 0.3) is 0 Å². The minimum Gasteiger partial charge on any atom is -0.303 e. The molecular formula is C20H37NO3. The molecule has 1 unspecified atom stereocenters. The van der Waals surface area contributed by atoms with Gasteiger partial charge in [0, 0.05) is 18.9 Å². The van der Waals surface area contributed by atoms with Crippen molar-refractivity contribution in [1.29, 1.82) is 0 Å². The van der Waals surface area contributed by atoms with Crippen LogP contribution in [0.3, 0.4) is 0 Å². The average molecular weight is 340 g/mol. The molecule has 0 aromatic carbocycles. The molecule has 0 spiro atoms. The normalized spacial score (nSPS) is 27.0. The quantitative estimate of drug-likeness (QED) is 0.563. The first kappa shape index (κ1) is 22.8. The maximum Gasteiger partial charge on any atom is 0.233 e. The van der Waals surface area contributed by atoms with Crippen molar-refractivity contribution in [3.05, 3.63) is 0 Å². The third kappa shape index (κ3) is 6.03. The Labute approximate surface area is 148 Å². The standard InChI is InChI=1S/C16H25NO3.2C2H6/c1-16(2,3)13-8-14(19)17(15(13)20)9-11-4-6-12(10-18)7-5-11;2*1-2/h10-13H,4-9H2,1-3H3;2*1-2H3. The number of aldehydes is 1. The summed E-state index contributed by atoms with van der Waals surface area (Å²) < 4.78 is 0. The Morgan fingerprint density at radius 2 is 1.50 bits per heavy atom. The van der Waals surface area contributed by atoms with Crippen molar-refractivity contribution in [3.8, 4) is 0 Å². The Kier molecular flexibility index (Phi) is 10.1. The number of rotatable bonds is 3. The van der Waals surface area contributed by atoms with Crippen LogP contribution < -0.4 is 0 Å². The largest absolute Gasteiger partial charge is 0.303 e. The molecule has 2 fully saturated rings. The van der Waals surface area contributed by atoms with E-state index in [-0.39, 0.29) is 29.1 Å². The maximum absolute atomic E-state index is 12.4. The molecule has 0 radical (unpaired) electrons. The molecule has 1 saturated carbocycles. The van der Waals surface area contributed by atoms with Gasteiger partial charge in [0.1, 0.15) is 6.29 Å². The predicted molar refractivity (Wildman–Crippen MR) is 98.5 cm³/mol. The van der Waals surface area contributed by atoms with E-state index in [0.29, 0.717) is 18.9 Å². The maximum atomic E-state index is 12.4. The van der Waals surface area contributed by atoms with Gasteiger partial charge >= 0.3 is 0 Å². The molecule has 2 aliphatic rings. The van der Waals surface area contributed by atoms with Crippen LogP contribution in [0.2, 0.25) is 0 Å². The molecule has 4 heteroatoms. The minimum atomic E-state index is -0.179. The van der Waals surface area contributed by atoms with Crippen molar-refractivity contribution in [3.63, 3.8) is 0 Å². The molecule has 0 bridgehead atoms. The van der Waals surface area contributed by atoms with Gasteiger partial charge in [-0.25, -0.2) is 0 Å². The molecule has 1 atom stereocenters. The number of amides is 2. The first-order valence-corrected chi connectivity index (χ1v) is 9.62. The van der Waals surface area contributed by atoms with Crippen LogP contribution in [0.25, 0.3) is 0 Å². The van der Waals surface area contributed by atoms with Crippen LogP contribution in [0.15, 0.2) is 0 Å². The zero-order valence-electron chi connectivity index (χ0n) is 16.7. The lowest BCUT2D eigenvalue weighted by Crippen LogP contribution is -2.38. The van der Waals surface area contributed by atoms with E-state index < -0.39 is 0 Å². The van der Waals surface area contributed by atoms with Crippen molar-refractivity contribution < 1.29 is 14.4 Å². The number of hydrogen-bond acceptors (Lipinski definition) is 3. The molecule has 1 aliphatic heterocycles. The molecule has 1 aliphatic carbocycles. The zero-order chi connectivity index (χ0) is 18.9. The Morgan fingerprint density at radius 3 is 1.88 bits per heavy atom. The summed E-state index contributed by atoms with van der Waals surface area (Å²) >= 11 is 0. The Balaban J connectivity index is 0.00000123. The van der Waals surface area contributed by atoms with Gasteiger partial charge in [-0.15, -0.1) is 0 Å².